The minimum Gasteiger partial charge on any atom is -0.481 e. The van der Waals surface area contributed by atoms with E-state index in [0.29, 0.717) is 17.2 Å². The van der Waals surface area contributed by atoms with E-state index in [2.05, 4.69) is 14.8 Å². The van der Waals surface area contributed by atoms with Crippen molar-refractivity contribution in [2.45, 2.75) is 19.4 Å². The minimum absolute atomic E-state index is 0.101. The second kappa shape index (κ2) is 9.75. The maximum absolute atomic E-state index is 12.6. The van der Waals surface area contributed by atoms with Crippen LogP contribution in [0.15, 0.2) is 42.5 Å². The number of halogens is 1. The first kappa shape index (κ1) is 21.2. The van der Waals surface area contributed by atoms with Crippen molar-refractivity contribution in [1.82, 2.24) is 0 Å². The molecule has 0 aromatic heterocycles. The molecule has 2 aromatic carbocycles. The lowest BCUT2D eigenvalue weighted by molar-refractivity contribution is -0.122. The summed E-state index contributed by atoms with van der Waals surface area (Å²) in [4.78, 5) is 36.3. The van der Waals surface area contributed by atoms with Crippen LogP contribution < -0.4 is 10.1 Å². The number of hydrogen-bond donors (Lipinski definition) is 1. The first-order chi connectivity index (χ1) is 13.4. The molecular formula is C20H20ClNO6. The normalized spacial score (nSPS) is 11.3. The lowest BCUT2D eigenvalue weighted by Crippen LogP contribution is -2.32. The summed E-state index contributed by atoms with van der Waals surface area (Å²) < 4.78 is 15.1. The molecule has 0 spiro atoms. The van der Waals surface area contributed by atoms with E-state index in [1.165, 1.54) is 32.4 Å². The Morgan fingerprint density at radius 2 is 1.61 bits per heavy atom. The Labute approximate surface area is 167 Å². The number of hydrogen-bond acceptors (Lipinski definition) is 6. The molecule has 0 heterocycles. The molecule has 1 atom stereocenters. The Bertz CT molecular complexity index is 848. The molecular weight excluding hydrogens is 386 g/mol. The van der Waals surface area contributed by atoms with Crippen molar-refractivity contribution in [3.63, 3.8) is 0 Å². The van der Waals surface area contributed by atoms with Gasteiger partial charge in [-0.05, 0) is 42.8 Å². The van der Waals surface area contributed by atoms with Gasteiger partial charge in [0.1, 0.15) is 5.75 Å². The lowest BCUT2D eigenvalue weighted by Gasteiger charge is -2.18. The molecule has 148 valence electrons. The van der Waals surface area contributed by atoms with Gasteiger partial charge in [-0.3, -0.25) is 4.79 Å². The molecule has 0 fully saturated rings. The van der Waals surface area contributed by atoms with Gasteiger partial charge in [0.2, 0.25) is 0 Å². The molecule has 7 nitrogen and oxygen atoms in total. The Kier molecular flexibility index (Phi) is 7.40. The van der Waals surface area contributed by atoms with Gasteiger partial charge in [0.05, 0.1) is 25.3 Å². The first-order valence-corrected chi connectivity index (χ1v) is 8.80. The Morgan fingerprint density at radius 3 is 2.11 bits per heavy atom. The highest BCUT2D eigenvalue weighted by molar-refractivity contribution is 6.30. The summed E-state index contributed by atoms with van der Waals surface area (Å²) in [5, 5.41) is 3.14. The third-order valence-electron chi connectivity index (χ3n) is 3.78. The van der Waals surface area contributed by atoms with Crippen molar-refractivity contribution in [3.8, 4) is 5.75 Å². The van der Waals surface area contributed by atoms with Crippen LogP contribution in [0.4, 0.5) is 5.69 Å². The molecule has 0 saturated heterocycles. The molecule has 2 aromatic rings. The number of carbonyl (C=O) groups excluding carboxylic acids is 3. The number of nitrogens with one attached hydrogen (secondary N) is 1. The number of benzene rings is 2. The highest BCUT2D eigenvalue weighted by Gasteiger charge is 2.21. The highest BCUT2D eigenvalue weighted by atomic mass is 35.5. The topological polar surface area (TPSA) is 90.9 Å². The van der Waals surface area contributed by atoms with Gasteiger partial charge >= 0.3 is 11.9 Å². The third-order valence-corrected chi connectivity index (χ3v) is 4.02. The van der Waals surface area contributed by atoms with E-state index in [4.69, 9.17) is 16.3 Å². The summed E-state index contributed by atoms with van der Waals surface area (Å²) in [5.41, 5.74) is 0.440. The molecule has 28 heavy (non-hydrogen) atoms. The van der Waals surface area contributed by atoms with Gasteiger partial charge in [0.25, 0.3) is 5.91 Å². The predicted octanol–water partition coefficient (Wildman–Crippen LogP) is 3.71. The number of ether oxygens (including phenoxy) is 3. The number of anilines is 1. The molecule has 8 heteroatoms. The lowest BCUT2D eigenvalue weighted by atomic mass is 10.1. The van der Waals surface area contributed by atoms with E-state index in [-0.39, 0.29) is 16.8 Å². The van der Waals surface area contributed by atoms with E-state index in [0.717, 1.165) is 0 Å². The second-order valence-corrected chi connectivity index (χ2v) is 6.18. The number of rotatable bonds is 7. The van der Waals surface area contributed by atoms with E-state index in [1.807, 2.05) is 0 Å². The number of methoxy groups -OCH3 is 2. The van der Waals surface area contributed by atoms with Gasteiger partial charge in [-0.1, -0.05) is 24.6 Å². The Hall–Kier alpha value is -3.06. The van der Waals surface area contributed by atoms with Crippen molar-refractivity contribution in [3.05, 3.63) is 58.6 Å². The Balaban J connectivity index is 2.24. The van der Waals surface area contributed by atoms with E-state index >= 15 is 0 Å². The standard InChI is InChI=1S/C20H20ClNO6/c1-4-17(28-16-7-5-6-14(21)11-16)18(23)22-15-9-12(19(24)26-2)8-13(10-15)20(25)27-3/h5-11,17H,4H2,1-3H3,(H,22,23)/t17-/m1/s1. The van der Waals surface area contributed by atoms with Crippen molar-refractivity contribution < 1.29 is 28.6 Å². The van der Waals surface area contributed by atoms with E-state index in [9.17, 15) is 14.4 Å². The molecule has 1 N–H and O–H groups in total. The van der Waals surface area contributed by atoms with Crippen molar-refractivity contribution in [2.75, 3.05) is 19.5 Å². The first-order valence-electron chi connectivity index (χ1n) is 8.42. The number of amides is 1. The summed E-state index contributed by atoms with van der Waals surface area (Å²) in [6.45, 7) is 1.79. The maximum atomic E-state index is 12.6. The van der Waals surface area contributed by atoms with Gasteiger partial charge in [-0.15, -0.1) is 0 Å². The molecule has 1 amide bonds. The van der Waals surface area contributed by atoms with Gasteiger partial charge in [0.15, 0.2) is 6.10 Å². The van der Waals surface area contributed by atoms with Gasteiger partial charge in [-0.2, -0.15) is 0 Å². The van der Waals surface area contributed by atoms with Crippen LogP contribution in [0.5, 0.6) is 5.75 Å². The fourth-order valence-corrected chi connectivity index (χ4v) is 2.60. The SMILES string of the molecule is CC[C@@H](Oc1cccc(Cl)c1)C(=O)Nc1cc(C(=O)OC)cc(C(=O)OC)c1. The summed E-state index contributed by atoms with van der Waals surface area (Å²) in [5.74, 6) is -1.29. The molecule has 0 radical (unpaired) electrons. The number of carbonyl (C=O) groups is 3. The van der Waals surface area contributed by atoms with Crippen LogP contribution in [0.2, 0.25) is 5.02 Å². The highest BCUT2D eigenvalue weighted by Crippen LogP contribution is 2.21. The van der Waals surface area contributed by atoms with Crippen molar-refractivity contribution in [1.29, 1.82) is 0 Å². The second-order valence-electron chi connectivity index (χ2n) is 5.74. The molecule has 0 aliphatic heterocycles. The van der Waals surface area contributed by atoms with Gasteiger partial charge < -0.3 is 19.5 Å². The quantitative estimate of drug-likeness (QED) is 0.706. The van der Waals surface area contributed by atoms with Crippen LogP contribution in [0.3, 0.4) is 0 Å². The molecule has 0 saturated carbocycles. The molecule has 0 bridgehead atoms. The van der Waals surface area contributed by atoms with E-state index in [1.54, 1.807) is 31.2 Å². The van der Waals surface area contributed by atoms with Crippen LogP contribution in [0, 0.1) is 0 Å². The molecule has 0 aliphatic carbocycles. The van der Waals surface area contributed by atoms with Crippen molar-refractivity contribution in [2.24, 2.45) is 0 Å². The summed E-state index contributed by atoms with van der Waals surface area (Å²) in [7, 11) is 2.44. The molecule has 0 aliphatic rings. The smallest absolute Gasteiger partial charge is 0.337 e. The average Bonchev–Trinajstić information content (AvgIpc) is 2.70. The van der Waals surface area contributed by atoms with Crippen LogP contribution in [-0.2, 0) is 14.3 Å². The maximum Gasteiger partial charge on any atom is 0.337 e. The molecule has 0 unspecified atom stereocenters. The number of esters is 2. The van der Waals surface area contributed by atoms with Crippen LogP contribution in [0.25, 0.3) is 0 Å². The zero-order chi connectivity index (χ0) is 20.7. The van der Waals surface area contributed by atoms with Gasteiger partial charge in [0, 0.05) is 10.7 Å². The van der Waals surface area contributed by atoms with Crippen LogP contribution in [0.1, 0.15) is 34.1 Å². The molecule has 2 rings (SSSR count). The average molecular weight is 406 g/mol. The predicted molar refractivity (Wildman–Crippen MR) is 104 cm³/mol. The largest absolute Gasteiger partial charge is 0.481 e. The zero-order valence-corrected chi connectivity index (χ0v) is 16.4. The van der Waals surface area contributed by atoms with Crippen LogP contribution >= 0.6 is 11.6 Å². The monoisotopic (exact) mass is 405 g/mol. The Morgan fingerprint density at radius 1 is 1.00 bits per heavy atom. The van der Waals surface area contributed by atoms with E-state index < -0.39 is 23.9 Å². The minimum atomic E-state index is -0.804. The summed E-state index contributed by atoms with van der Waals surface area (Å²) in [6.07, 6.45) is -0.416. The summed E-state index contributed by atoms with van der Waals surface area (Å²) in [6, 6.07) is 10.8. The van der Waals surface area contributed by atoms with Gasteiger partial charge in [-0.25, -0.2) is 9.59 Å². The van der Waals surface area contributed by atoms with Crippen molar-refractivity contribution >= 4 is 35.1 Å². The fourth-order valence-electron chi connectivity index (χ4n) is 2.42. The third kappa shape index (κ3) is 5.47. The fraction of sp³-hybridized carbons (Fsp3) is 0.250. The summed E-state index contributed by atoms with van der Waals surface area (Å²) >= 11 is 5.93. The zero-order valence-electron chi connectivity index (χ0n) is 15.7. The van der Waals surface area contributed by atoms with Crippen LogP contribution in [-0.4, -0.2) is 38.2 Å².